The molecular formula is C61H113NO5. The summed E-state index contributed by atoms with van der Waals surface area (Å²) in [7, 11) is 0. The summed E-state index contributed by atoms with van der Waals surface area (Å²) >= 11 is 0. The summed E-state index contributed by atoms with van der Waals surface area (Å²) in [6.45, 7) is 6.37. The Bertz CT molecular complexity index is 1150. The zero-order valence-corrected chi connectivity index (χ0v) is 44.8. The number of ether oxygens (including phenoxy) is 1. The Hall–Kier alpha value is -2.18. The first-order chi connectivity index (χ1) is 33.0. The highest BCUT2D eigenvalue weighted by Crippen LogP contribution is 2.19. The van der Waals surface area contributed by atoms with E-state index in [1.54, 1.807) is 0 Å². The predicted octanol–water partition coefficient (Wildman–Crippen LogP) is 18.2. The lowest BCUT2D eigenvalue weighted by Gasteiger charge is -2.24. The van der Waals surface area contributed by atoms with Crippen molar-refractivity contribution >= 4 is 11.9 Å². The lowest BCUT2D eigenvalue weighted by molar-refractivity contribution is -0.151. The standard InChI is InChI=1S/C61H113NO5/c1-4-7-10-13-16-19-22-25-27-29-31-33-36-39-42-45-48-51-54-61(66)67-57(52-49-46-43-40-37-34-24-21-18-15-12-9-6-3)55-60(65)62-58(56-63)59(64)53-50-47-44-41-38-35-32-30-28-26-23-20-17-14-11-8-5-2/h9,12,15,18,21,24,34,37,57-59,63-64H,4-8,10-11,13-14,16-17,19-20,22-23,25-33,35-36,38-56H2,1-3H3,(H,62,65)/b12-9+,18-15+,24-21+,37-34-. The van der Waals surface area contributed by atoms with Crippen LogP contribution in [0.4, 0.5) is 0 Å². The molecule has 0 rings (SSSR count). The number of hydrogen-bond donors (Lipinski definition) is 3. The van der Waals surface area contributed by atoms with E-state index in [2.05, 4.69) is 50.4 Å². The summed E-state index contributed by atoms with van der Waals surface area (Å²) in [6.07, 6.45) is 67.6. The Morgan fingerprint density at radius 1 is 0.448 bits per heavy atom. The van der Waals surface area contributed by atoms with Crippen LogP contribution >= 0.6 is 0 Å². The minimum Gasteiger partial charge on any atom is -0.462 e. The molecule has 6 nitrogen and oxygen atoms in total. The molecule has 0 aromatic carbocycles. The number of hydrogen-bond acceptors (Lipinski definition) is 5. The van der Waals surface area contributed by atoms with Crippen LogP contribution in [-0.2, 0) is 14.3 Å². The van der Waals surface area contributed by atoms with Gasteiger partial charge in [-0.05, 0) is 44.9 Å². The molecule has 0 fully saturated rings. The van der Waals surface area contributed by atoms with E-state index in [0.29, 0.717) is 19.3 Å². The molecule has 0 saturated carbocycles. The monoisotopic (exact) mass is 940 g/mol. The normalized spacial score (nSPS) is 13.4. The Morgan fingerprint density at radius 3 is 1.22 bits per heavy atom. The van der Waals surface area contributed by atoms with E-state index in [9.17, 15) is 19.8 Å². The van der Waals surface area contributed by atoms with Gasteiger partial charge in [-0.25, -0.2) is 0 Å². The fourth-order valence-corrected chi connectivity index (χ4v) is 9.09. The van der Waals surface area contributed by atoms with Crippen LogP contribution in [0.5, 0.6) is 0 Å². The Morgan fingerprint density at radius 2 is 0.806 bits per heavy atom. The van der Waals surface area contributed by atoms with Crippen molar-refractivity contribution < 1.29 is 24.5 Å². The van der Waals surface area contributed by atoms with Crippen molar-refractivity contribution in [2.45, 2.75) is 322 Å². The van der Waals surface area contributed by atoms with Crippen molar-refractivity contribution in [1.29, 1.82) is 0 Å². The summed E-state index contributed by atoms with van der Waals surface area (Å²) in [5, 5.41) is 23.9. The van der Waals surface area contributed by atoms with Gasteiger partial charge in [0.25, 0.3) is 0 Å². The Kier molecular flexibility index (Phi) is 53.0. The Labute approximate surface area is 416 Å². The van der Waals surface area contributed by atoms with E-state index in [-0.39, 0.29) is 24.9 Å². The molecule has 3 N–H and O–H groups in total. The van der Waals surface area contributed by atoms with Crippen molar-refractivity contribution in [1.82, 2.24) is 5.32 Å². The zero-order chi connectivity index (χ0) is 48.8. The first kappa shape index (κ1) is 64.8. The van der Waals surface area contributed by atoms with Gasteiger partial charge in [0.1, 0.15) is 6.10 Å². The van der Waals surface area contributed by atoms with E-state index >= 15 is 0 Å². The first-order valence-corrected chi connectivity index (χ1v) is 29.4. The van der Waals surface area contributed by atoms with Crippen molar-refractivity contribution in [3.05, 3.63) is 48.6 Å². The van der Waals surface area contributed by atoms with Gasteiger partial charge < -0.3 is 20.3 Å². The fourth-order valence-electron chi connectivity index (χ4n) is 9.09. The maximum absolute atomic E-state index is 13.3. The minimum atomic E-state index is -0.798. The number of unbranched alkanes of at least 4 members (excludes halogenated alkanes) is 36. The summed E-state index contributed by atoms with van der Waals surface area (Å²) < 4.78 is 5.94. The van der Waals surface area contributed by atoms with Crippen LogP contribution in [0, 0.1) is 0 Å². The summed E-state index contributed by atoms with van der Waals surface area (Å²) in [6, 6.07) is -0.714. The second-order valence-corrected chi connectivity index (χ2v) is 20.1. The molecule has 6 heteroatoms. The van der Waals surface area contributed by atoms with Gasteiger partial charge in [0.2, 0.25) is 5.91 Å². The number of rotatable bonds is 53. The van der Waals surface area contributed by atoms with Crippen molar-refractivity contribution in [2.75, 3.05) is 6.61 Å². The molecule has 0 saturated heterocycles. The molecule has 392 valence electrons. The van der Waals surface area contributed by atoms with E-state index in [1.165, 1.54) is 186 Å². The second kappa shape index (κ2) is 54.8. The molecule has 1 amide bonds. The van der Waals surface area contributed by atoms with Crippen LogP contribution in [0.25, 0.3) is 0 Å². The van der Waals surface area contributed by atoms with E-state index in [4.69, 9.17) is 4.74 Å². The zero-order valence-electron chi connectivity index (χ0n) is 44.8. The van der Waals surface area contributed by atoms with Crippen LogP contribution < -0.4 is 5.32 Å². The van der Waals surface area contributed by atoms with Gasteiger partial charge in [-0.1, -0.05) is 294 Å². The SMILES string of the molecule is CC/C=C/C=C/C=C/C=C\CCCCCC(CC(=O)NC(CO)C(O)CCCCCCCCCCCCCCCCCCC)OC(=O)CCCCCCCCCCCCCCCCCCCC. The Balaban J connectivity index is 4.50. The lowest BCUT2D eigenvalue weighted by atomic mass is 10.0. The topological polar surface area (TPSA) is 95.9 Å². The van der Waals surface area contributed by atoms with Gasteiger partial charge in [0, 0.05) is 6.42 Å². The van der Waals surface area contributed by atoms with E-state index in [0.717, 1.165) is 70.6 Å². The first-order valence-electron chi connectivity index (χ1n) is 29.4. The number of nitrogens with one attached hydrogen (secondary N) is 1. The highest BCUT2D eigenvalue weighted by molar-refractivity contribution is 5.77. The molecule has 0 aromatic heterocycles. The van der Waals surface area contributed by atoms with Crippen molar-refractivity contribution in [3.63, 3.8) is 0 Å². The van der Waals surface area contributed by atoms with E-state index < -0.39 is 18.2 Å². The molecule has 0 radical (unpaired) electrons. The van der Waals surface area contributed by atoms with Gasteiger partial charge in [-0.3, -0.25) is 9.59 Å². The number of amides is 1. The number of esters is 1. The maximum atomic E-state index is 13.3. The van der Waals surface area contributed by atoms with Crippen LogP contribution in [0.3, 0.4) is 0 Å². The quantitative estimate of drug-likeness (QED) is 0.0321. The lowest BCUT2D eigenvalue weighted by Crippen LogP contribution is -2.46. The smallest absolute Gasteiger partial charge is 0.306 e. The molecule has 67 heavy (non-hydrogen) atoms. The van der Waals surface area contributed by atoms with Crippen LogP contribution in [-0.4, -0.2) is 46.9 Å². The van der Waals surface area contributed by atoms with Gasteiger partial charge in [0.05, 0.1) is 25.2 Å². The molecule has 0 aromatic rings. The summed E-state index contributed by atoms with van der Waals surface area (Å²) in [5.74, 6) is -0.499. The van der Waals surface area contributed by atoms with Gasteiger partial charge in [0.15, 0.2) is 0 Å². The molecule has 0 aliphatic carbocycles. The average molecular weight is 941 g/mol. The molecule has 3 unspecified atom stereocenters. The van der Waals surface area contributed by atoms with Gasteiger partial charge in [-0.15, -0.1) is 0 Å². The maximum Gasteiger partial charge on any atom is 0.306 e. The number of carbonyl (C=O) groups excluding carboxylic acids is 2. The third-order valence-corrected chi connectivity index (χ3v) is 13.5. The van der Waals surface area contributed by atoms with E-state index in [1.807, 2.05) is 24.3 Å². The molecule has 0 spiro atoms. The number of aliphatic hydroxyl groups is 2. The summed E-state index contributed by atoms with van der Waals surface area (Å²) in [5.41, 5.74) is 0. The largest absolute Gasteiger partial charge is 0.462 e. The third-order valence-electron chi connectivity index (χ3n) is 13.5. The molecule has 0 aliphatic heterocycles. The molecule has 0 aliphatic rings. The number of aliphatic hydroxyl groups excluding tert-OH is 2. The molecule has 0 bridgehead atoms. The number of allylic oxidation sites excluding steroid dienone is 8. The molecule has 3 atom stereocenters. The third kappa shape index (κ3) is 50.0. The minimum absolute atomic E-state index is 0.0544. The predicted molar refractivity (Wildman–Crippen MR) is 292 cm³/mol. The highest BCUT2D eigenvalue weighted by atomic mass is 16.5. The van der Waals surface area contributed by atoms with Gasteiger partial charge in [-0.2, -0.15) is 0 Å². The molecule has 0 heterocycles. The highest BCUT2D eigenvalue weighted by Gasteiger charge is 2.24. The van der Waals surface area contributed by atoms with Crippen molar-refractivity contribution in [3.8, 4) is 0 Å². The fraction of sp³-hybridized carbons (Fsp3) is 0.836. The van der Waals surface area contributed by atoms with Crippen molar-refractivity contribution in [2.24, 2.45) is 0 Å². The van der Waals surface area contributed by atoms with Crippen LogP contribution in [0.1, 0.15) is 303 Å². The number of carbonyl (C=O) groups is 2. The van der Waals surface area contributed by atoms with Crippen LogP contribution in [0.15, 0.2) is 48.6 Å². The second-order valence-electron chi connectivity index (χ2n) is 20.1. The summed E-state index contributed by atoms with van der Waals surface area (Å²) in [4.78, 5) is 26.3. The molecular weight excluding hydrogens is 827 g/mol. The average Bonchev–Trinajstić information content (AvgIpc) is 3.32. The van der Waals surface area contributed by atoms with Gasteiger partial charge >= 0.3 is 5.97 Å². The van der Waals surface area contributed by atoms with Crippen LogP contribution in [0.2, 0.25) is 0 Å².